The average molecular weight is 242 g/mol. The Bertz CT molecular complexity index is 244. The third-order valence-corrected chi connectivity index (χ3v) is 4.98. The van der Waals surface area contributed by atoms with Gasteiger partial charge in [-0.15, -0.1) is 0 Å². The van der Waals surface area contributed by atoms with Crippen LogP contribution in [0.1, 0.15) is 32.6 Å². The van der Waals surface area contributed by atoms with E-state index in [0.717, 1.165) is 58.4 Å². The van der Waals surface area contributed by atoms with Crippen molar-refractivity contribution in [2.24, 2.45) is 5.41 Å². The van der Waals surface area contributed by atoms with Crippen molar-refractivity contribution in [2.45, 2.75) is 38.2 Å². The maximum atomic E-state index is 10.9. The molecule has 0 saturated carbocycles. The van der Waals surface area contributed by atoms with E-state index in [9.17, 15) is 10.2 Å². The fraction of sp³-hybridized carbons (Fsp3) is 1.00. The Balaban J connectivity index is 2.08. The van der Waals surface area contributed by atoms with Crippen LogP contribution in [0.25, 0.3) is 0 Å². The van der Waals surface area contributed by atoms with Crippen molar-refractivity contribution in [1.29, 1.82) is 0 Å². The molecule has 2 fully saturated rings. The lowest BCUT2D eigenvalue weighted by Crippen LogP contribution is -2.59. The van der Waals surface area contributed by atoms with Crippen LogP contribution >= 0.6 is 0 Å². The van der Waals surface area contributed by atoms with Gasteiger partial charge in [0.05, 0.1) is 12.2 Å². The Morgan fingerprint density at radius 3 is 2.18 bits per heavy atom. The maximum absolute atomic E-state index is 10.9. The van der Waals surface area contributed by atoms with Crippen molar-refractivity contribution in [3.63, 3.8) is 0 Å². The highest BCUT2D eigenvalue weighted by atomic mass is 16.3. The molecule has 100 valence electrons. The first-order chi connectivity index (χ1) is 8.16. The summed E-state index contributed by atoms with van der Waals surface area (Å²) in [6.07, 6.45) is 3.40. The van der Waals surface area contributed by atoms with Crippen molar-refractivity contribution in [3.8, 4) is 0 Å². The van der Waals surface area contributed by atoms with E-state index in [-0.39, 0.29) is 12.0 Å². The lowest BCUT2D eigenvalue weighted by molar-refractivity contribution is -0.151. The van der Waals surface area contributed by atoms with Gasteiger partial charge in [0.1, 0.15) is 0 Å². The summed E-state index contributed by atoms with van der Waals surface area (Å²) in [6, 6.07) is 0. The monoisotopic (exact) mass is 242 g/mol. The Morgan fingerprint density at radius 2 is 1.71 bits per heavy atom. The van der Waals surface area contributed by atoms with Gasteiger partial charge in [-0.05, 0) is 45.3 Å². The van der Waals surface area contributed by atoms with E-state index in [1.165, 1.54) is 0 Å². The summed E-state index contributed by atoms with van der Waals surface area (Å²) in [5, 5.41) is 24.0. The van der Waals surface area contributed by atoms with Gasteiger partial charge in [0.15, 0.2) is 0 Å². The lowest BCUT2D eigenvalue weighted by atomic mass is 9.63. The van der Waals surface area contributed by atoms with Crippen molar-refractivity contribution >= 4 is 0 Å². The summed E-state index contributed by atoms with van der Waals surface area (Å²) >= 11 is 0. The lowest BCUT2D eigenvalue weighted by Gasteiger charge is -2.52. The predicted octanol–water partition coefficient (Wildman–Crippen LogP) is 0.195. The Hall–Kier alpha value is -0.160. The number of nitrogens with one attached hydrogen (secondary N) is 1. The number of aliphatic hydroxyl groups is 2. The highest BCUT2D eigenvalue weighted by Gasteiger charge is 2.51. The van der Waals surface area contributed by atoms with Gasteiger partial charge in [-0.25, -0.2) is 0 Å². The third-order valence-electron chi connectivity index (χ3n) is 4.98. The molecule has 2 aliphatic rings. The molecule has 0 unspecified atom stereocenters. The van der Waals surface area contributed by atoms with E-state index in [0.29, 0.717) is 0 Å². The molecule has 0 bridgehead atoms. The minimum absolute atomic E-state index is 0.122. The van der Waals surface area contributed by atoms with Crippen molar-refractivity contribution in [3.05, 3.63) is 0 Å². The first-order valence-electron chi connectivity index (χ1n) is 6.92. The van der Waals surface area contributed by atoms with Crippen LogP contribution in [0.4, 0.5) is 0 Å². The molecule has 0 atom stereocenters. The van der Waals surface area contributed by atoms with Crippen molar-refractivity contribution < 1.29 is 10.2 Å². The zero-order chi connectivity index (χ0) is 12.4. The van der Waals surface area contributed by atoms with Gasteiger partial charge in [0, 0.05) is 18.5 Å². The molecule has 2 rings (SSSR count). The highest BCUT2D eigenvalue weighted by Crippen LogP contribution is 2.45. The second-order valence-electron chi connectivity index (χ2n) is 5.65. The van der Waals surface area contributed by atoms with Crippen molar-refractivity contribution in [1.82, 2.24) is 10.2 Å². The number of aliphatic hydroxyl groups excluding tert-OH is 1. The van der Waals surface area contributed by atoms with Gasteiger partial charge in [0.2, 0.25) is 0 Å². The molecule has 2 saturated heterocycles. The second kappa shape index (κ2) is 5.22. The number of rotatable bonds is 3. The van der Waals surface area contributed by atoms with E-state index in [1.54, 1.807) is 0 Å². The van der Waals surface area contributed by atoms with Gasteiger partial charge in [-0.2, -0.15) is 0 Å². The SMILES string of the molecule is CCN1CCC(O)(C2(CO)CCNCC2)CC1. The number of piperidine rings is 2. The van der Waals surface area contributed by atoms with Gasteiger partial charge >= 0.3 is 0 Å². The van der Waals surface area contributed by atoms with E-state index in [4.69, 9.17) is 0 Å². The largest absolute Gasteiger partial charge is 0.396 e. The van der Waals surface area contributed by atoms with Gasteiger partial charge < -0.3 is 20.4 Å². The molecule has 0 aliphatic carbocycles. The predicted molar refractivity (Wildman–Crippen MR) is 67.9 cm³/mol. The van der Waals surface area contributed by atoms with E-state index >= 15 is 0 Å². The molecule has 4 heteroatoms. The summed E-state index contributed by atoms with van der Waals surface area (Å²) in [6.45, 7) is 7.10. The second-order valence-corrected chi connectivity index (χ2v) is 5.65. The fourth-order valence-electron chi connectivity index (χ4n) is 3.45. The summed E-state index contributed by atoms with van der Waals surface area (Å²) in [5.74, 6) is 0. The normalized spacial score (nSPS) is 29.1. The van der Waals surface area contributed by atoms with Crippen LogP contribution in [0, 0.1) is 5.41 Å². The standard InChI is InChI=1S/C13H26N2O2/c1-2-15-9-5-13(17,6-10-15)12(11-16)3-7-14-8-4-12/h14,16-17H,2-11H2,1H3. The Kier molecular flexibility index (Phi) is 4.08. The van der Waals surface area contributed by atoms with Crippen LogP contribution < -0.4 is 5.32 Å². The molecule has 0 aromatic heterocycles. The smallest absolute Gasteiger partial charge is 0.0750 e. The third kappa shape index (κ3) is 2.36. The van der Waals surface area contributed by atoms with E-state index in [2.05, 4.69) is 17.1 Å². The van der Waals surface area contributed by atoms with Crippen LogP contribution in [0.3, 0.4) is 0 Å². The molecule has 2 aliphatic heterocycles. The number of hydrogen-bond donors (Lipinski definition) is 3. The summed E-state index contributed by atoms with van der Waals surface area (Å²) in [5.41, 5.74) is -0.923. The number of nitrogens with zero attached hydrogens (tertiary/aromatic N) is 1. The average Bonchev–Trinajstić information content (AvgIpc) is 2.40. The number of hydrogen-bond acceptors (Lipinski definition) is 4. The molecular formula is C13H26N2O2. The van der Waals surface area contributed by atoms with Crippen LogP contribution in [0.5, 0.6) is 0 Å². The zero-order valence-corrected chi connectivity index (χ0v) is 10.9. The molecule has 0 aromatic carbocycles. The van der Waals surface area contributed by atoms with Gasteiger partial charge in [-0.3, -0.25) is 0 Å². The van der Waals surface area contributed by atoms with Crippen LogP contribution in [-0.2, 0) is 0 Å². The summed E-state index contributed by atoms with van der Waals surface area (Å²) in [4.78, 5) is 2.38. The topological polar surface area (TPSA) is 55.7 Å². The molecule has 4 nitrogen and oxygen atoms in total. The van der Waals surface area contributed by atoms with Crippen LogP contribution in [-0.4, -0.2) is 60.0 Å². The highest BCUT2D eigenvalue weighted by molar-refractivity contribution is 5.03. The molecule has 0 radical (unpaired) electrons. The van der Waals surface area contributed by atoms with Crippen LogP contribution in [0.2, 0.25) is 0 Å². The molecule has 2 heterocycles. The van der Waals surface area contributed by atoms with E-state index in [1.807, 2.05) is 0 Å². The molecule has 0 spiro atoms. The van der Waals surface area contributed by atoms with Gasteiger partial charge in [-0.1, -0.05) is 6.92 Å². The molecular weight excluding hydrogens is 216 g/mol. The first-order valence-corrected chi connectivity index (χ1v) is 6.92. The quantitative estimate of drug-likeness (QED) is 0.661. The minimum Gasteiger partial charge on any atom is -0.396 e. The molecule has 17 heavy (non-hydrogen) atoms. The molecule has 0 amide bonds. The minimum atomic E-state index is -0.657. The Labute approximate surface area is 104 Å². The molecule has 3 N–H and O–H groups in total. The van der Waals surface area contributed by atoms with Crippen molar-refractivity contribution in [2.75, 3.05) is 39.3 Å². The molecule has 0 aromatic rings. The maximum Gasteiger partial charge on any atom is 0.0750 e. The van der Waals surface area contributed by atoms with Gasteiger partial charge in [0.25, 0.3) is 0 Å². The van der Waals surface area contributed by atoms with E-state index < -0.39 is 5.60 Å². The summed E-state index contributed by atoms with van der Waals surface area (Å²) < 4.78 is 0. The Morgan fingerprint density at radius 1 is 1.12 bits per heavy atom. The first kappa shape index (κ1) is 13.3. The number of likely N-dealkylation sites (tertiary alicyclic amines) is 1. The fourth-order valence-corrected chi connectivity index (χ4v) is 3.45. The van der Waals surface area contributed by atoms with Crippen LogP contribution in [0.15, 0.2) is 0 Å². The zero-order valence-electron chi connectivity index (χ0n) is 10.9. The summed E-state index contributed by atoms with van der Waals surface area (Å²) in [7, 11) is 0.